The molecule has 0 radical (unpaired) electrons. The number of sulfonamides is 1. The van der Waals surface area contributed by atoms with E-state index in [0.29, 0.717) is 18.7 Å². The molecule has 1 fully saturated rings. The Hall–Kier alpha value is -2.78. The second-order valence-electron chi connectivity index (χ2n) is 5.42. The van der Waals surface area contributed by atoms with Crippen LogP contribution in [-0.2, 0) is 14.8 Å². The van der Waals surface area contributed by atoms with E-state index >= 15 is 0 Å². The molecule has 1 aliphatic rings. The van der Waals surface area contributed by atoms with E-state index in [4.69, 9.17) is 0 Å². The molecule has 0 saturated carbocycles. The Bertz CT molecular complexity index is 882. The van der Waals surface area contributed by atoms with Crippen LogP contribution in [0.5, 0.6) is 0 Å². The van der Waals surface area contributed by atoms with Gasteiger partial charge in [-0.15, -0.1) is 4.83 Å². The van der Waals surface area contributed by atoms with Gasteiger partial charge in [0, 0.05) is 24.8 Å². The van der Waals surface area contributed by atoms with E-state index in [9.17, 15) is 18.0 Å². The normalized spacial score (nSPS) is 14.6. The zero-order valence-corrected chi connectivity index (χ0v) is 14.0. The summed E-state index contributed by atoms with van der Waals surface area (Å²) >= 11 is 0. The number of carbonyl (C=O) groups is 2. The van der Waals surface area contributed by atoms with Gasteiger partial charge in [-0.1, -0.05) is 6.07 Å². The van der Waals surface area contributed by atoms with E-state index in [0.717, 1.165) is 6.42 Å². The first-order valence-corrected chi connectivity index (χ1v) is 9.09. The maximum Gasteiger partial charge on any atom is 0.284 e. The summed E-state index contributed by atoms with van der Waals surface area (Å²) < 4.78 is 24.5. The Balaban J connectivity index is 1.68. The van der Waals surface area contributed by atoms with Gasteiger partial charge in [-0.2, -0.15) is 0 Å². The molecule has 2 heterocycles. The molecule has 0 unspecified atom stereocenters. The minimum Gasteiger partial charge on any atom is -0.312 e. The second-order valence-corrected chi connectivity index (χ2v) is 7.10. The van der Waals surface area contributed by atoms with Crippen LogP contribution in [0, 0.1) is 0 Å². The monoisotopic (exact) mass is 360 g/mol. The summed E-state index contributed by atoms with van der Waals surface area (Å²) in [4.78, 5) is 31.0. The molecule has 0 spiro atoms. The van der Waals surface area contributed by atoms with Gasteiger partial charge in [0.25, 0.3) is 15.9 Å². The third-order valence-corrected chi connectivity index (χ3v) is 4.99. The Morgan fingerprint density at radius 3 is 2.48 bits per heavy atom. The van der Waals surface area contributed by atoms with Gasteiger partial charge < -0.3 is 4.90 Å². The summed E-state index contributed by atoms with van der Waals surface area (Å²) in [6.45, 7) is 0.628. The van der Waals surface area contributed by atoms with Crippen molar-refractivity contribution in [2.24, 2.45) is 0 Å². The van der Waals surface area contributed by atoms with E-state index in [1.54, 1.807) is 29.2 Å². The van der Waals surface area contributed by atoms with Crippen molar-refractivity contribution in [1.82, 2.24) is 15.2 Å². The molecule has 2 amide bonds. The molecule has 9 heteroatoms. The van der Waals surface area contributed by atoms with Crippen molar-refractivity contribution < 1.29 is 18.0 Å². The van der Waals surface area contributed by atoms with Crippen LogP contribution < -0.4 is 15.2 Å². The molecule has 2 aromatic rings. The van der Waals surface area contributed by atoms with Crippen LogP contribution >= 0.6 is 0 Å². The van der Waals surface area contributed by atoms with Crippen molar-refractivity contribution in [2.75, 3.05) is 11.4 Å². The number of anilines is 1. The average Bonchev–Trinajstić information content (AvgIpc) is 3.06. The van der Waals surface area contributed by atoms with E-state index in [2.05, 4.69) is 10.4 Å². The molecule has 0 atom stereocenters. The number of nitrogens with zero attached hydrogens (tertiary/aromatic N) is 2. The van der Waals surface area contributed by atoms with Crippen molar-refractivity contribution in [3.05, 3.63) is 54.4 Å². The Morgan fingerprint density at radius 2 is 1.88 bits per heavy atom. The third kappa shape index (κ3) is 3.83. The first-order valence-electron chi connectivity index (χ1n) is 7.61. The molecule has 0 aliphatic carbocycles. The van der Waals surface area contributed by atoms with Crippen LogP contribution in [0.15, 0.2) is 53.6 Å². The van der Waals surface area contributed by atoms with Gasteiger partial charge in [-0.25, -0.2) is 8.42 Å². The SMILES string of the molecule is O=C(NNS(=O)(=O)c1ccc(N2CCCC2=O)cc1)c1ccccn1. The highest BCUT2D eigenvalue weighted by Gasteiger charge is 2.22. The molecule has 3 rings (SSSR count). The number of hydrogen-bond acceptors (Lipinski definition) is 5. The van der Waals surface area contributed by atoms with Crippen molar-refractivity contribution >= 4 is 27.5 Å². The minimum absolute atomic E-state index is 0.0239. The lowest BCUT2D eigenvalue weighted by atomic mass is 10.3. The van der Waals surface area contributed by atoms with Crippen molar-refractivity contribution in [1.29, 1.82) is 0 Å². The summed E-state index contributed by atoms with van der Waals surface area (Å²) in [5.41, 5.74) is 2.85. The van der Waals surface area contributed by atoms with Gasteiger partial charge in [0.2, 0.25) is 5.91 Å². The largest absolute Gasteiger partial charge is 0.312 e. The highest BCUT2D eigenvalue weighted by atomic mass is 32.2. The Labute approximate surface area is 144 Å². The molecule has 2 N–H and O–H groups in total. The maximum absolute atomic E-state index is 12.2. The zero-order valence-electron chi connectivity index (χ0n) is 13.2. The molecule has 25 heavy (non-hydrogen) atoms. The Morgan fingerprint density at radius 1 is 1.12 bits per heavy atom. The third-order valence-electron chi connectivity index (χ3n) is 3.73. The van der Waals surface area contributed by atoms with Gasteiger partial charge in [-0.3, -0.25) is 20.0 Å². The number of aromatic nitrogens is 1. The molecule has 1 saturated heterocycles. The minimum atomic E-state index is -3.93. The van der Waals surface area contributed by atoms with Crippen molar-refractivity contribution in [3.63, 3.8) is 0 Å². The molecule has 1 aromatic carbocycles. The van der Waals surface area contributed by atoms with E-state index in [-0.39, 0.29) is 16.5 Å². The van der Waals surface area contributed by atoms with E-state index in [1.807, 2.05) is 4.83 Å². The topological polar surface area (TPSA) is 108 Å². The van der Waals surface area contributed by atoms with Crippen LogP contribution in [0.1, 0.15) is 23.3 Å². The fourth-order valence-electron chi connectivity index (χ4n) is 2.46. The predicted octanol–water partition coefficient (Wildman–Crippen LogP) is 0.832. The lowest BCUT2D eigenvalue weighted by molar-refractivity contribution is -0.117. The van der Waals surface area contributed by atoms with Crippen LogP contribution in [0.4, 0.5) is 5.69 Å². The molecule has 1 aromatic heterocycles. The summed E-state index contributed by atoms with van der Waals surface area (Å²) in [6.07, 6.45) is 2.73. The fourth-order valence-corrected chi connectivity index (χ4v) is 3.30. The van der Waals surface area contributed by atoms with Crippen molar-refractivity contribution in [2.45, 2.75) is 17.7 Å². The van der Waals surface area contributed by atoms with Crippen LogP contribution in [0.2, 0.25) is 0 Å². The summed E-state index contributed by atoms with van der Waals surface area (Å²) in [6, 6.07) is 10.6. The smallest absolute Gasteiger partial charge is 0.284 e. The van der Waals surface area contributed by atoms with Gasteiger partial charge in [0.15, 0.2) is 0 Å². The van der Waals surface area contributed by atoms with Gasteiger partial charge >= 0.3 is 0 Å². The maximum atomic E-state index is 12.2. The number of amides is 2. The standard InChI is InChI=1S/C16H16N4O4S/c21-15-5-3-11-20(15)12-6-8-13(9-7-12)25(23,24)19-18-16(22)14-4-1-2-10-17-14/h1-2,4,6-10,19H,3,5,11H2,(H,18,22). The fraction of sp³-hybridized carbons (Fsp3) is 0.188. The number of carbonyl (C=O) groups excluding carboxylic acids is 2. The van der Waals surface area contributed by atoms with Crippen molar-refractivity contribution in [3.8, 4) is 0 Å². The summed E-state index contributed by atoms with van der Waals surface area (Å²) in [7, 11) is -3.93. The number of nitrogens with one attached hydrogen (secondary N) is 2. The second kappa shape index (κ2) is 6.99. The van der Waals surface area contributed by atoms with Gasteiger partial charge in [-0.05, 0) is 42.8 Å². The van der Waals surface area contributed by atoms with Gasteiger partial charge in [0.05, 0.1) is 4.90 Å². The lowest BCUT2D eigenvalue weighted by Gasteiger charge is -2.16. The summed E-state index contributed by atoms with van der Waals surface area (Å²) in [5, 5.41) is 0. The first kappa shape index (κ1) is 17.1. The molecular weight excluding hydrogens is 344 g/mol. The molecular formula is C16H16N4O4S. The van der Waals surface area contributed by atoms with Gasteiger partial charge in [0.1, 0.15) is 5.69 Å². The Kier molecular flexibility index (Phi) is 4.77. The first-order chi connectivity index (χ1) is 12.0. The van der Waals surface area contributed by atoms with Crippen LogP contribution in [0.25, 0.3) is 0 Å². The quantitative estimate of drug-likeness (QED) is 0.768. The van der Waals surface area contributed by atoms with Crippen LogP contribution in [0.3, 0.4) is 0 Å². The molecule has 0 bridgehead atoms. The predicted molar refractivity (Wildman–Crippen MR) is 90.1 cm³/mol. The van der Waals surface area contributed by atoms with E-state index < -0.39 is 15.9 Å². The number of hydrazine groups is 1. The molecule has 8 nitrogen and oxygen atoms in total. The summed E-state index contributed by atoms with van der Waals surface area (Å²) in [5.74, 6) is -0.639. The van der Waals surface area contributed by atoms with Crippen LogP contribution in [-0.4, -0.2) is 31.8 Å². The number of pyridine rings is 1. The number of rotatable bonds is 5. The zero-order chi connectivity index (χ0) is 17.9. The molecule has 130 valence electrons. The number of hydrogen-bond donors (Lipinski definition) is 2. The average molecular weight is 360 g/mol. The highest BCUT2D eigenvalue weighted by Crippen LogP contribution is 2.22. The number of benzene rings is 1. The molecule has 1 aliphatic heterocycles. The highest BCUT2D eigenvalue weighted by molar-refractivity contribution is 7.89. The van der Waals surface area contributed by atoms with E-state index in [1.165, 1.54) is 24.4 Å². The lowest BCUT2D eigenvalue weighted by Crippen LogP contribution is -2.41.